The first-order valence-corrected chi connectivity index (χ1v) is 18.1. The standard InChI is InChI=1S/C40H49ClN2O4/c1-25(23-47-36-12-17-42-35-9-4-6-26(2)37(35)36)18-30-19-28-11-10-27(33-20-29(33)24-46-3)21-34(28)39(30)13-15-40(16-14-39,38(44)45)43-32-8-5-7-31(41)22-32/h5,7-8,10-12,17,21-22,25-26,29-30,33,43H,4,6,9,13-16,18-20,23-24H2,1-3H3,(H,44,45)/t25-,26-,29+,30?,33+,39?,40?/m1/s1. The minimum absolute atomic E-state index is 0.0510. The van der Waals surface area contributed by atoms with Crippen molar-refractivity contribution >= 4 is 23.3 Å². The number of carboxylic acid groups (broad SMARTS) is 1. The van der Waals surface area contributed by atoms with Crippen molar-refractivity contribution in [2.24, 2.45) is 17.8 Å². The molecule has 0 saturated heterocycles. The maximum atomic E-state index is 12.9. The van der Waals surface area contributed by atoms with Gasteiger partial charge in [-0.05, 0) is 140 Å². The number of rotatable bonds is 11. The van der Waals surface area contributed by atoms with E-state index in [2.05, 4.69) is 48.4 Å². The fraction of sp³-hybridized carbons (Fsp3) is 0.550. The first-order chi connectivity index (χ1) is 22.7. The van der Waals surface area contributed by atoms with Gasteiger partial charge in [0.2, 0.25) is 0 Å². The van der Waals surface area contributed by atoms with Gasteiger partial charge < -0.3 is 19.9 Å². The van der Waals surface area contributed by atoms with Gasteiger partial charge in [-0.1, -0.05) is 49.7 Å². The zero-order valence-electron chi connectivity index (χ0n) is 28.1. The van der Waals surface area contributed by atoms with E-state index in [-0.39, 0.29) is 5.41 Å². The summed E-state index contributed by atoms with van der Waals surface area (Å²) in [6.07, 6.45) is 11.4. The molecule has 1 unspecified atom stereocenters. The second kappa shape index (κ2) is 13.1. The number of benzene rings is 2. The van der Waals surface area contributed by atoms with Crippen molar-refractivity contribution in [3.8, 4) is 5.75 Å². The Kier molecular flexibility index (Phi) is 9.03. The van der Waals surface area contributed by atoms with Gasteiger partial charge in [0.05, 0.1) is 6.61 Å². The van der Waals surface area contributed by atoms with Gasteiger partial charge in [-0.25, -0.2) is 4.79 Å². The number of hydrogen-bond acceptors (Lipinski definition) is 5. The van der Waals surface area contributed by atoms with Gasteiger partial charge in [-0.15, -0.1) is 0 Å². The Balaban J connectivity index is 1.13. The second-order valence-corrected chi connectivity index (χ2v) is 15.6. The van der Waals surface area contributed by atoms with Gasteiger partial charge in [0.25, 0.3) is 0 Å². The summed E-state index contributed by atoms with van der Waals surface area (Å²) in [5.41, 5.74) is 6.53. The van der Waals surface area contributed by atoms with Crippen LogP contribution in [-0.4, -0.2) is 41.9 Å². The fourth-order valence-corrected chi connectivity index (χ4v) is 9.59. The van der Waals surface area contributed by atoms with E-state index >= 15 is 0 Å². The molecule has 0 radical (unpaired) electrons. The van der Waals surface area contributed by atoms with E-state index in [1.165, 1.54) is 47.2 Å². The molecule has 250 valence electrons. The average Bonchev–Trinajstić information content (AvgIpc) is 3.77. The summed E-state index contributed by atoms with van der Waals surface area (Å²) in [4.78, 5) is 17.6. The van der Waals surface area contributed by atoms with Crippen LogP contribution in [0.25, 0.3) is 0 Å². The van der Waals surface area contributed by atoms with Gasteiger partial charge in [0.15, 0.2) is 0 Å². The van der Waals surface area contributed by atoms with E-state index in [9.17, 15) is 9.90 Å². The smallest absolute Gasteiger partial charge is 0.329 e. The van der Waals surface area contributed by atoms with Crippen LogP contribution >= 0.6 is 11.6 Å². The topological polar surface area (TPSA) is 80.7 Å². The van der Waals surface area contributed by atoms with Crippen LogP contribution in [0.2, 0.25) is 5.02 Å². The number of pyridine rings is 1. The quantitative estimate of drug-likeness (QED) is 0.214. The van der Waals surface area contributed by atoms with Crippen molar-refractivity contribution in [1.82, 2.24) is 4.98 Å². The average molecular weight is 657 g/mol. The number of halogens is 1. The summed E-state index contributed by atoms with van der Waals surface area (Å²) in [5, 5.41) is 14.6. The van der Waals surface area contributed by atoms with Crippen molar-refractivity contribution in [3.63, 3.8) is 0 Å². The molecular weight excluding hydrogens is 608 g/mol. The van der Waals surface area contributed by atoms with Crippen molar-refractivity contribution in [2.75, 3.05) is 25.6 Å². The highest BCUT2D eigenvalue weighted by Gasteiger charge is 2.54. The largest absolute Gasteiger partial charge is 0.493 e. The number of nitrogens with one attached hydrogen (secondary N) is 1. The van der Waals surface area contributed by atoms with Gasteiger partial charge in [-0.2, -0.15) is 0 Å². The lowest BCUT2D eigenvalue weighted by Gasteiger charge is -2.47. The molecule has 0 amide bonds. The third-order valence-corrected chi connectivity index (χ3v) is 12.3. The molecule has 2 N–H and O–H groups in total. The van der Waals surface area contributed by atoms with Crippen LogP contribution < -0.4 is 10.1 Å². The van der Waals surface area contributed by atoms with Crippen molar-refractivity contribution in [1.29, 1.82) is 0 Å². The maximum Gasteiger partial charge on any atom is 0.329 e. The molecule has 7 rings (SSSR count). The minimum Gasteiger partial charge on any atom is -0.493 e. The van der Waals surface area contributed by atoms with Crippen molar-refractivity contribution in [2.45, 2.75) is 101 Å². The highest BCUT2D eigenvalue weighted by atomic mass is 35.5. The van der Waals surface area contributed by atoms with E-state index < -0.39 is 11.5 Å². The van der Waals surface area contributed by atoms with Crippen LogP contribution in [0, 0.1) is 17.8 Å². The summed E-state index contributed by atoms with van der Waals surface area (Å²) in [6.45, 7) is 6.10. The van der Waals surface area contributed by atoms with Crippen LogP contribution in [0.1, 0.15) is 105 Å². The molecule has 2 aromatic carbocycles. The Bertz CT molecular complexity index is 1620. The minimum atomic E-state index is -1.02. The number of fused-ring (bicyclic) bond motifs is 3. The summed E-state index contributed by atoms with van der Waals surface area (Å²) < 4.78 is 12.1. The molecule has 4 aliphatic rings. The van der Waals surface area contributed by atoms with Gasteiger partial charge in [0.1, 0.15) is 11.3 Å². The van der Waals surface area contributed by atoms with Crippen LogP contribution in [-0.2, 0) is 27.8 Å². The zero-order valence-corrected chi connectivity index (χ0v) is 28.8. The van der Waals surface area contributed by atoms with Gasteiger partial charge in [0, 0.05) is 41.9 Å². The summed E-state index contributed by atoms with van der Waals surface area (Å²) in [6, 6.07) is 16.7. The molecule has 6 nitrogen and oxygen atoms in total. The number of nitrogens with zero attached hydrogens (tertiary/aromatic N) is 1. The maximum absolute atomic E-state index is 12.9. The lowest BCUT2D eigenvalue weighted by atomic mass is 9.59. The van der Waals surface area contributed by atoms with Crippen LogP contribution in [0.4, 0.5) is 5.69 Å². The first kappa shape index (κ1) is 32.5. The van der Waals surface area contributed by atoms with Crippen LogP contribution in [0.15, 0.2) is 54.7 Å². The molecule has 1 heterocycles. The van der Waals surface area contributed by atoms with E-state index in [4.69, 9.17) is 21.1 Å². The third-order valence-electron chi connectivity index (χ3n) is 12.0. The van der Waals surface area contributed by atoms with E-state index in [1.54, 1.807) is 7.11 Å². The Morgan fingerprint density at radius 2 is 1.98 bits per heavy atom. The Labute approximate surface area is 284 Å². The van der Waals surface area contributed by atoms with Gasteiger partial charge in [-0.3, -0.25) is 4.98 Å². The number of aliphatic carboxylic acids is 1. The fourth-order valence-electron chi connectivity index (χ4n) is 9.40. The number of aromatic nitrogens is 1. The normalized spacial score (nSPS) is 30.0. The molecule has 47 heavy (non-hydrogen) atoms. The summed E-state index contributed by atoms with van der Waals surface area (Å²) in [5.74, 6) is 2.65. The lowest BCUT2D eigenvalue weighted by molar-refractivity contribution is -0.144. The lowest BCUT2D eigenvalue weighted by Crippen LogP contribution is -2.53. The predicted molar refractivity (Wildman–Crippen MR) is 187 cm³/mol. The molecule has 0 bridgehead atoms. The number of ether oxygens (including phenoxy) is 2. The van der Waals surface area contributed by atoms with Gasteiger partial charge >= 0.3 is 5.97 Å². The number of carbonyl (C=O) groups is 1. The molecule has 2 fully saturated rings. The summed E-state index contributed by atoms with van der Waals surface area (Å²) in [7, 11) is 1.79. The molecule has 1 spiro atoms. The Hall–Kier alpha value is -3.09. The summed E-state index contributed by atoms with van der Waals surface area (Å²) >= 11 is 6.28. The monoisotopic (exact) mass is 656 g/mol. The van der Waals surface area contributed by atoms with E-state index in [0.717, 1.165) is 50.1 Å². The van der Waals surface area contributed by atoms with Crippen LogP contribution in [0.3, 0.4) is 0 Å². The van der Waals surface area contributed by atoms with Crippen LogP contribution in [0.5, 0.6) is 5.75 Å². The number of aryl methyl sites for hydroxylation is 1. The van der Waals surface area contributed by atoms with Crippen molar-refractivity contribution in [3.05, 3.63) is 87.7 Å². The molecule has 1 aromatic heterocycles. The molecule has 2 saturated carbocycles. The van der Waals surface area contributed by atoms with E-state index in [0.29, 0.717) is 54.1 Å². The number of hydrogen-bond donors (Lipinski definition) is 2. The third kappa shape index (κ3) is 6.28. The van der Waals surface area contributed by atoms with E-state index in [1.807, 2.05) is 30.5 Å². The molecule has 0 aliphatic heterocycles. The molecule has 5 atom stereocenters. The number of methoxy groups -OCH3 is 1. The zero-order chi connectivity index (χ0) is 32.8. The molecular formula is C40H49ClN2O4. The molecule has 7 heteroatoms. The second-order valence-electron chi connectivity index (χ2n) is 15.2. The predicted octanol–water partition coefficient (Wildman–Crippen LogP) is 8.95. The number of carboxylic acids is 1. The first-order valence-electron chi connectivity index (χ1n) is 17.7. The highest BCUT2D eigenvalue weighted by molar-refractivity contribution is 6.30. The Morgan fingerprint density at radius 1 is 1.15 bits per heavy atom. The Morgan fingerprint density at radius 3 is 2.74 bits per heavy atom. The number of anilines is 1. The molecule has 3 aromatic rings. The molecule has 4 aliphatic carbocycles. The highest BCUT2D eigenvalue weighted by Crippen LogP contribution is 2.58. The van der Waals surface area contributed by atoms with Crippen molar-refractivity contribution < 1.29 is 19.4 Å². The SMILES string of the molecule is COC[C@@H]1C[C@H]1c1ccc2c(c1)C1(CCC(Nc3cccc(Cl)c3)(C(=O)O)CC1)C(C[C@@H](C)COc1ccnc3c1[C@H](C)CCC3)C2.